The summed E-state index contributed by atoms with van der Waals surface area (Å²) in [4.78, 5) is 14.6. The third kappa shape index (κ3) is 2.55. The average Bonchev–Trinajstić information content (AvgIpc) is 2.94. The van der Waals surface area contributed by atoms with Crippen LogP contribution in [0.4, 0.5) is 5.82 Å². The van der Waals surface area contributed by atoms with Crippen LogP contribution in [-0.2, 0) is 0 Å². The molecule has 0 atom stereocenters. The molecule has 19 heavy (non-hydrogen) atoms. The Labute approximate surface area is 117 Å². The van der Waals surface area contributed by atoms with Crippen molar-refractivity contribution in [2.75, 3.05) is 37.6 Å². The van der Waals surface area contributed by atoms with Crippen molar-refractivity contribution in [2.45, 2.75) is 6.42 Å². The van der Waals surface area contributed by atoms with Crippen LogP contribution in [0.15, 0.2) is 17.8 Å². The largest absolute Gasteiger partial charge is 0.353 e. The van der Waals surface area contributed by atoms with Gasteiger partial charge in [0.1, 0.15) is 17.0 Å². The molecule has 0 aliphatic carbocycles. The van der Waals surface area contributed by atoms with Crippen LogP contribution < -0.4 is 4.90 Å². The van der Waals surface area contributed by atoms with Crippen molar-refractivity contribution in [2.24, 2.45) is 0 Å². The zero-order chi connectivity index (χ0) is 13.1. The van der Waals surface area contributed by atoms with Crippen molar-refractivity contribution in [3.8, 4) is 12.3 Å². The third-order valence-electron chi connectivity index (χ3n) is 3.48. The van der Waals surface area contributed by atoms with E-state index in [2.05, 4.69) is 37.1 Å². The van der Waals surface area contributed by atoms with E-state index in [1.807, 2.05) is 0 Å². The number of thiophene rings is 1. The van der Waals surface area contributed by atoms with Gasteiger partial charge in [0.2, 0.25) is 0 Å². The van der Waals surface area contributed by atoms with E-state index in [0.717, 1.165) is 49.8 Å². The lowest BCUT2D eigenvalue weighted by Gasteiger charge is -2.35. The van der Waals surface area contributed by atoms with Crippen molar-refractivity contribution in [1.82, 2.24) is 14.9 Å². The van der Waals surface area contributed by atoms with Crippen molar-refractivity contribution in [3.63, 3.8) is 0 Å². The Morgan fingerprint density at radius 1 is 1.26 bits per heavy atom. The lowest BCUT2D eigenvalue weighted by Crippen LogP contribution is -2.46. The van der Waals surface area contributed by atoms with Gasteiger partial charge in [-0.1, -0.05) is 0 Å². The van der Waals surface area contributed by atoms with Crippen molar-refractivity contribution < 1.29 is 0 Å². The molecule has 0 spiro atoms. The standard InChI is InChI=1S/C14H16N4S/c1-2-3-5-17-6-8-18(9-7-17)13-12-4-10-19-14(12)16-11-15-13/h1,4,10-11H,3,5-9H2. The number of aromatic nitrogens is 2. The molecule has 0 saturated carbocycles. The molecule has 2 aromatic heterocycles. The molecule has 5 heteroatoms. The molecule has 0 N–H and O–H groups in total. The summed E-state index contributed by atoms with van der Waals surface area (Å²) < 4.78 is 0. The molecular formula is C14H16N4S. The number of hydrogen-bond acceptors (Lipinski definition) is 5. The van der Waals surface area contributed by atoms with E-state index in [9.17, 15) is 0 Å². The van der Waals surface area contributed by atoms with E-state index in [4.69, 9.17) is 6.42 Å². The second-order valence-electron chi connectivity index (χ2n) is 4.62. The minimum absolute atomic E-state index is 0.836. The topological polar surface area (TPSA) is 32.3 Å². The van der Waals surface area contributed by atoms with E-state index < -0.39 is 0 Å². The summed E-state index contributed by atoms with van der Waals surface area (Å²) in [6.07, 6.45) is 7.81. The number of fused-ring (bicyclic) bond motifs is 1. The lowest BCUT2D eigenvalue weighted by molar-refractivity contribution is 0.263. The monoisotopic (exact) mass is 272 g/mol. The summed E-state index contributed by atoms with van der Waals surface area (Å²) in [6.45, 7) is 5.12. The summed E-state index contributed by atoms with van der Waals surface area (Å²) in [6, 6.07) is 2.11. The highest BCUT2D eigenvalue weighted by Crippen LogP contribution is 2.27. The maximum absolute atomic E-state index is 5.31. The quantitative estimate of drug-likeness (QED) is 0.798. The van der Waals surface area contributed by atoms with Gasteiger partial charge < -0.3 is 4.90 Å². The molecule has 1 saturated heterocycles. The highest BCUT2D eigenvalue weighted by Gasteiger charge is 2.19. The van der Waals surface area contributed by atoms with E-state index in [1.54, 1.807) is 17.7 Å². The zero-order valence-corrected chi connectivity index (χ0v) is 11.6. The van der Waals surface area contributed by atoms with Gasteiger partial charge in [-0.3, -0.25) is 4.90 Å². The Hall–Kier alpha value is -1.64. The average molecular weight is 272 g/mol. The van der Waals surface area contributed by atoms with Crippen molar-refractivity contribution in [1.29, 1.82) is 0 Å². The van der Waals surface area contributed by atoms with E-state index in [1.165, 1.54) is 5.39 Å². The Balaban J connectivity index is 1.72. The fourth-order valence-corrected chi connectivity index (χ4v) is 3.16. The Bertz CT molecular complexity index is 593. The molecule has 1 aliphatic rings. The van der Waals surface area contributed by atoms with Crippen LogP contribution in [0.3, 0.4) is 0 Å². The SMILES string of the molecule is C#CCCN1CCN(c2ncnc3sccc23)CC1. The van der Waals surface area contributed by atoms with Crippen LogP contribution in [0.25, 0.3) is 10.2 Å². The Kier molecular flexibility index (Phi) is 3.62. The number of rotatable bonds is 3. The van der Waals surface area contributed by atoms with Gasteiger partial charge in [0, 0.05) is 39.1 Å². The van der Waals surface area contributed by atoms with Gasteiger partial charge in [-0.05, 0) is 11.4 Å². The molecule has 0 amide bonds. The number of nitrogens with zero attached hydrogens (tertiary/aromatic N) is 4. The van der Waals surface area contributed by atoms with Crippen LogP contribution in [0, 0.1) is 12.3 Å². The van der Waals surface area contributed by atoms with Crippen molar-refractivity contribution >= 4 is 27.4 Å². The first kappa shape index (κ1) is 12.4. The minimum Gasteiger partial charge on any atom is -0.353 e. The molecule has 3 heterocycles. The summed E-state index contributed by atoms with van der Waals surface area (Å²) in [7, 11) is 0. The van der Waals surface area contributed by atoms with Crippen LogP contribution in [0.1, 0.15) is 6.42 Å². The molecule has 0 unspecified atom stereocenters. The molecule has 0 radical (unpaired) electrons. The molecule has 1 fully saturated rings. The fourth-order valence-electron chi connectivity index (χ4n) is 2.43. The smallest absolute Gasteiger partial charge is 0.140 e. The molecule has 3 rings (SSSR count). The Morgan fingerprint density at radius 2 is 2.11 bits per heavy atom. The maximum Gasteiger partial charge on any atom is 0.140 e. The molecule has 2 aromatic rings. The number of anilines is 1. The summed E-state index contributed by atoms with van der Waals surface area (Å²) in [5.41, 5.74) is 0. The van der Waals surface area contributed by atoms with Gasteiger partial charge in [-0.25, -0.2) is 9.97 Å². The zero-order valence-electron chi connectivity index (χ0n) is 10.7. The summed E-state index contributed by atoms with van der Waals surface area (Å²) in [5, 5.41) is 3.25. The summed E-state index contributed by atoms with van der Waals surface area (Å²) >= 11 is 1.67. The van der Waals surface area contributed by atoms with Gasteiger partial charge in [0.15, 0.2) is 0 Å². The highest BCUT2D eigenvalue weighted by molar-refractivity contribution is 7.16. The predicted molar refractivity (Wildman–Crippen MR) is 79.5 cm³/mol. The van der Waals surface area contributed by atoms with E-state index in [-0.39, 0.29) is 0 Å². The molecule has 98 valence electrons. The van der Waals surface area contributed by atoms with Gasteiger partial charge in [-0.2, -0.15) is 0 Å². The normalized spacial score (nSPS) is 16.7. The fraction of sp³-hybridized carbons (Fsp3) is 0.429. The van der Waals surface area contributed by atoms with E-state index >= 15 is 0 Å². The number of piperazine rings is 1. The first-order chi connectivity index (χ1) is 9.38. The molecule has 1 aliphatic heterocycles. The van der Waals surface area contributed by atoms with Crippen LogP contribution >= 0.6 is 11.3 Å². The Morgan fingerprint density at radius 3 is 2.89 bits per heavy atom. The second kappa shape index (κ2) is 5.55. The van der Waals surface area contributed by atoms with Gasteiger partial charge in [0.25, 0.3) is 0 Å². The highest BCUT2D eigenvalue weighted by atomic mass is 32.1. The van der Waals surface area contributed by atoms with Gasteiger partial charge >= 0.3 is 0 Å². The maximum atomic E-state index is 5.31. The predicted octanol–water partition coefficient (Wildman–Crippen LogP) is 1.84. The first-order valence-corrected chi connectivity index (χ1v) is 7.35. The van der Waals surface area contributed by atoms with Gasteiger partial charge in [0.05, 0.1) is 5.39 Å². The molecular weight excluding hydrogens is 256 g/mol. The third-order valence-corrected chi connectivity index (χ3v) is 4.31. The van der Waals surface area contributed by atoms with Crippen LogP contribution in [0.2, 0.25) is 0 Å². The lowest BCUT2D eigenvalue weighted by atomic mass is 10.2. The minimum atomic E-state index is 0.836. The number of hydrogen-bond donors (Lipinski definition) is 0. The molecule has 0 bridgehead atoms. The van der Waals surface area contributed by atoms with Crippen molar-refractivity contribution in [3.05, 3.63) is 17.8 Å². The van der Waals surface area contributed by atoms with E-state index in [0.29, 0.717) is 0 Å². The molecule has 0 aromatic carbocycles. The van der Waals surface area contributed by atoms with Crippen LogP contribution in [0.5, 0.6) is 0 Å². The first-order valence-electron chi connectivity index (χ1n) is 6.47. The van der Waals surface area contributed by atoms with Gasteiger partial charge in [-0.15, -0.1) is 23.7 Å². The summed E-state index contributed by atoms with van der Waals surface area (Å²) in [5.74, 6) is 3.78. The van der Waals surface area contributed by atoms with Crippen LogP contribution in [-0.4, -0.2) is 47.6 Å². The number of terminal acetylenes is 1. The second-order valence-corrected chi connectivity index (χ2v) is 5.51. The molecule has 4 nitrogen and oxygen atoms in total.